The first-order chi connectivity index (χ1) is 11.1. The first-order valence-electron chi connectivity index (χ1n) is 7.41. The van der Waals surface area contributed by atoms with E-state index in [0.29, 0.717) is 13.0 Å². The summed E-state index contributed by atoms with van der Waals surface area (Å²) < 4.78 is 17.9. The summed E-state index contributed by atoms with van der Waals surface area (Å²) in [7, 11) is 1.62. The van der Waals surface area contributed by atoms with Crippen LogP contribution in [-0.4, -0.2) is 24.8 Å². The average Bonchev–Trinajstić information content (AvgIpc) is 2.57. The maximum absolute atomic E-state index is 12.8. The van der Waals surface area contributed by atoms with Gasteiger partial charge in [-0.05, 0) is 55.3 Å². The number of benzene rings is 2. The molecule has 3 nitrogen and oxygen atoms in total. The van der Waals surface area contributed by atoms with E-state index in [1.807, 2.05) is 31.2 Å². The maximum Gasteiger partial charge on any atom is 0.233 e. The second kappa shape index (κ2) is 8.58. The Labute approximate surface area is 140 Å². The molecule has 0 fully saturated rings. The highest BCUT2D eigenvalue weighted by molar-refractivity contribution is 8.00. The largest absolute Gasteiger partial charge is 0.497 e. The van der Waals surface area contributed by atoms with E-state index in [9.17, 15) is 9.18 Å². The molecule has 0 saturated heterocycles. The Hall–Kier alpha value is -2.01. The molecule has 2 aromatic carbocycles. The standard InChI is InChI=1S/C18H20FNO2S/c1-13(23-17-9-7-16(22-2)8-10-17)18(21)20-12-11-14-3-5-15(19)6-4-14/h3-10,13H,11-12H2,1-2H3,(H,20,21)/t13-/m1/s1. The molecule has 0 aliphatic rings. The number of methoxy groups -OCH3 is 1. The van der Waals surface area contributed by atoms with Gasteiger partial charge in [0.05, 0.1) is 12.4 Å². The third-order valence-corrected chi connectivity index (χ3v) is 4.48. The Morgan fingerprint density at radius 3 is 2.43 bits per heavy atom. The zero-order valence-corrected chi connectivity index (χ0v) is 14.0. The van der Waals surface area contributed by atoms with Crippen LogP contribution in [0.25, 0.3) is 0 Å². The molecule has 0 aliphatic carbocycles. The molecule has 122 valence electrons. The van der Waals surface area contributed by atoms with Crippen molar-refractivity contribution in [1.29, 1.82) is 0 Å². The Bertz CT molecular complexity index is 628. The molecule has 0 unspecified atom stereocenters. The van der Waals surface area contributed by atoms with Crippen LogP contribution in [0, 0.1) is 5.82 Å². The monoisotopic (exact) mass is 333 g/mol. The van der Waals surface area contributed by atoms with Crippen molar-refractivity contribution in [3.8, 4) is 5.75 Å². The molecule has 0 spiro atoms. The van der Waals surface area contributed by atoms with Gasteiger partial charge in [-0.25, -0.2) is 4.39 Å². The van der Waals surface area contributed by atoms with Crippen molar-refractivity contribution in [2.45, 2.75) is 23.5 Å². The Morgan fingerprint density at radius 1 is 1.17 bits per heavy atom. The van der Waals surface area contributed by atoms with E-state index in [-0.39, 0.29) is 17.0 Å². The number of ether oxygens (including phenoxy) is 1. The third kappa shape index (κ3) is 5.60. The fraction of sp³-hybridized carbons (Fsp3) is 0.278. The predicted molar refractivity (Wildman–Crippen MR) is 91.4 cm³/mol. The van der Waals surface area contributed by atoms with E-state index in [4.69, 9.17) is 4.74 Å². The lowest BCUT2D eigenvalue weighted by molar-refractivity contribution is -0.120. The lowest BCUT2D eigenvalue weighted by Gasteiger charge is -2.12. The molecule has 0 heterocycles. The fourth-order valence-electron chi connectivity index (χ4n) is 2.04. The number of hydrogen-bond acceptors (Lipinski definition) is 3. The topological polar surface area (TPSA) is 38.3 Å². The molecule has 0 aliphatic heterocycles. The quantitative estimate of drug-likeness (QED) is 0.786. The Balaban J connectivity index is 1.76. The normalized spacial score (nSPS) is 11.8. The second-order valence-electron chi connectivity index (χ2n) is 5.10. The van der Waals surface area contributed by atoms with E-state index in [0.717, 1.165) is 16.2 Å². The van der Waals surface area contributed by atoms with Crippen molar-refractivity contribution in [1.82, 2.24) is 5.32 Å². The first-order valence-corrected chi connectivity index (χ1v) is 8.29. The summed E-state index contributed by atoms with van der Waals surface area (Å²) in [5.74, 6) is 0.543. The minimum Gasteiger partial charge on any atom is -0.497 e. The molecular formula is C18H20FNO2S. The van der Waals surface area contributed by atoms with Crippen LogP contribution in [0.3, 0.4) is 0 Å². The number of carbonyl (C=O) groups is 1. The highest BCUT2D eigenvalue weighted by atomic mass is 32.2. The molecule has 2 aromatic rings. The molecule has 1 atom stereocenters. The number of rotatable bonds is 7. The molecule has 0 radical (unpaired) electrons. The zero-order valence-electron chi connectivity index (χ0n) is 13.2. The smallest absolute Gasteiger partial charge is 0.233 e. The van der Waals surface area contributed by atoms with Gasteiger partial charge < -0.3 is 10.1 Å². The lowest BCUT2D eigenvalue weighted by atomic mass is 10.1. The number of nitrogens with one attached hydrogen (secondary N) is 1. The average molecular weight is 333 g/mol. The molecular weight excluding hydrogens is 313 g/mol. The minimum absolute atomic E-state index is 0.00655. The summed E-state index contributed by atoms with van der Waals surface area (Å²) in [5.41, 5.74) is 1.00. The number of thioether (sulfide) groups is 1. The van der Waals surface area contributed by atoms with Crippen LogP contribution in [0.15, 0.2) is 53.4 Å². The lowest BCUT2D eigenvalue weighted by Crippen LogP contribution is -2.32. The van der Waals surface area contributed by atoms with E-state index in [1.165, 1.54) is 23.9 Å². The van der Waals surface area contributed by atoms with Gasteiger partial charge in [0.25, 0.3) is 0 Å². The van der Waals surface area contributed by atoms with Gasteiger partial charge >= 0.3 is 0 Å². The number of hydrogen-bond donors (Lipinski definition) is 1. The summed E-state index contributed by atoms with van der Waals surface area (Å²) in [4.78, 5) is 13.1. The SMILES string of the molecule is COc1ccc(S[C@H](C)C(=O)NCCc2ccc(F)cc2)cc1. The van der Waals surface area contributed by atoms with Gasteiger partial charge in [0.1, 0.15) is 11.6 Å². The summed E-state index contributed by atoms with van der Waals surface area (Å²) in [5, 5.41) is 2.73. The molecule has 0 bridgehead atoms. The van der Waals surface area contributed by atoms with Crippen LogP contribution in [0.2, 0.25) is 0 Å². The van der Waals surface area contributed by atoms with Crippen molar-refractivity contribution in [2.75, 3.05) is 13.7 Å². The number of amides is 1. The molecule has 2 rings (SSSR count). The third-order valence-electron chi connectivity index (χ3n) is 3.37. The molecule has 5 heteroatoms. The van der Waals surface area contributed by atoms with Gasteiger partial charge in [-0.1, -0.05) is 12.1 Å². The van der Waals surface area contributed by atoms with E-state index in [2.05, 4.69) is 5.32 Å². The van der Waals surface area contributed by atoms with Crippen LogP contribution in [-0.2, 0) is 11.2 Å². The van der Waals surface area contributed by atoms with Gasteiger partial charge in [-0.3, -0.25) is 4.79 Å². The Morgan fingerprint density at radius 2 is 1.83 bits per heavy atom. The number of carbonyl (C=O) groups excluding carboxylic acids is 1. The maximum atomic E-state index is 12.8. The molecule has 23 heavy (non-hydrogen) atoms. The second-order valence-corrected chi connectivity index (χ2v) is 6.52. The van der Waals surface area contributed by atoms with E-state index >= 15 is 0 Å². The van der Waals surface area contributed by atoms with Crippen LogP contribution in [0.4, 0.5) is 4.39 Å². The molecule has 1 amide bonds. The van der Waals surface area contributed by atoms with Crippen molar-refractivity contribution in [2.24, 2.45) is 0 Å². The highest BCUT2D eigenvalue weighted by Gasteiger charge is 2.13. The van der Waals surface area contributed by atoms with Gasteiger partial charge in [-0.2, -0.15) is 0 Å². The van der Waals surface area contributed by atoms with Crippen LogP contribution in [0.1, 0.15) is 12.5 Å². The first kappa shape index (κ1) is 17.3. The molecule has 0 saturated carbocycles. The molecule has 0 aromatic heterocycles. The Kier molecular flexibility index (Phi) is 6.47. The van der Waals surface area contributed by atoms with Gasteiger partial charge in [0.2, 0.25) is 5.91 Å². The zero-order chi connectivity index (χ0) is 16.7. The van der Waals surface area contributed by atoms with Crippen molar-refractivity contribution in [3.05, 3.63) is 59.9 Å². The summed E-state index contributed by atoms with van der Waals surface area (Å²) in [6.07, 6.45) is 0.686. The van der Waals surface area contributed by atoms with E-state index in [1.54, 1.807) is 19.2 Å². The summed E-state index contributed by atoms with van der Waals surface area (Å²) >= 11 is 1.50. The van der Waals surface area contributed by atoms with Crippen molar-refractivity contribution >= 4 is 17.7 Å². The van der Waals surface area contributed by atoms with Crippen molar-refractivity contribution < 1.29 is 13.9 Å². The summed E-state index contributed by atoms with van der Waals surface area (Å²) in [6, 6.07) is 14.0. The number of halogens is 1. The van der Waals surface area contributed by atoms with Gasteiger partial charge in [0.15, 0.2) is 0 Å². The van der Waals surface area contributed by atoms with Gasteiger partial charge in [0, 0.05) is 11.4 Å². The van der Waals surface area contributed by atoms with Crippen LogP contribution in [0.5, 0.6) is 5.75 Å². The minimum atomic E-state index is -0.248. The van der Waals surface area contributed by atoms with Gasteiger partial charge in [-0.15, -0.1) is 11.8 Å². The predicted octanol–water partition coefficient (Wildman–Crippen LogP) is 3.67. The van der Waals surface area contributed by atoms with E-state index < -0.39 is 0 Å². The highest BCUT2D eigenvalue weighted by Crippen LogP contribution is 2.25. The van der Waals surface area contributed by atoms with Crippen LogP contribution >= 0.6 is 11.8 Å². The summed E-state index contributed by atoms with van der Waals surface area (Å²) in [6.45, 7) is 2.42. The fourth-order valence-corrected chi connectivity index (χ4v) is 2.93. The van der Waals surface area contributed by atoms with Crippen molar-refractivity contribution in [3.63, 3.8) is 0 Å². The van der Waals surface area contributed by atoms with Crippen LogP contribution < -0.4 is 10.1 Å². The molecule has 1 N–H and O–H groups in total.